The summed E-state index contributed by atoms with van der Waals surface area (Å²) in [6.45, 7) is 1.12. The molecule has 0 unspecified atom stereocenters. The molecule has 0 bridgehead atoms. The van der Waals surface area contributed by atoms with Crippen LogP contribution in [0.25, 0.3) is 0 Å². The molecule has 0 heterocycles. The summed E-state index contributed by atoms with van der Waals surface area (Å²) in [7, 11) is 0. The fourth-order valence-electron chi connectivity index (χ4n) is 0.832. The number of hydrogen-bond donors (Lipinski definition) is 1. The normalized spacial score (nSPS) is 8.64. The van der Waals surface area contributed by atoms with Crippen molar-refractivity contribution in [1.82, 2.24) is 0 Å². The lowest BCUT2D eigenvalue weighted by Gasteiger charge is -2.01. The standard InChI is InChI=1S/C9H8O4.ClH/c1-6(10)13-9(12)7-4-2-3-5-8(7)11;/h2-5,11H,1H3;1H. The molecule has 0 radical (unpaired) electrons. The van der Waals surface area contributed by atoms with Crippen molar-refractivity contribution in [2.45, 2.75) is 6.92 Å². The van der Waals surface area contributed by atoms with E-state index in [4.69, 9.17) is 0 Å². The smallest absolute Gasteiger partial charge is 0.349 e. The molecule has 1 aromatic carbocycles. The van der Waals surface area contributed by atoms with Crippen molar-refractivity contribution in [3.05, 3.63) is 29.8 Å². The van der Waals surface area contributed by atoms with Crippen LogP contribution in [0.4, 0.5) is 0 Å². The average Bonchev–Trinajstić information content (AvgIpc) is 2.03. The van der Waals surface area contributed by atoms with Gasteiger partial charge >= 0.3 is 11.9 Å². The molecule has 0 fully saturated rings. The second kappa shape index (κ2) is 5.24. The van der Waals surface area contributed by atoms with Gasteiger partial charge in [0.05, 0.1) is 0 Å². The van der Waals surface area contributed by atoms with E-state index in [1.54, 1.807) is 12.1 Å². The maximum absolute atomic E-state index is 11.1. The van der Waals surface area contributed by atoms with Crippen LogP contribution in [0.1, 0.15) is 17.3 Å². The summed E-state index contributed by atoms with van der Waals surface area (Å²) in [5.41, 5.74) is -0.0160. The van der Waals surface area contributed by atoms with Crippen LogP contribution in [0, 0.1) is 0 Å². The number of phenolic OH excluding ortho intramolecular Hbond substituents is 1. The van der Waals surface area contributed by atoms with Gasteiger partial charge in [-0.2, -0.15) is 0 Å². The Balaban J connectivity index is 0.00000169. The summed E-state index contributed by atoms with van der Waals surface area (Å²) in [4.78, 5) is 21.5. The Morgan fingerprint density at radius 1 is 1.29 bits per heavy atom. The van der Waals surface area contributed by atoms with E-state index in [0.717, 1.165) is 6.92 Å². The summed E-state index contributed by atoms with van der Waals surface area (Å²) in [6.07, 6.45) is 0. The van der Waals surface area contributed by atoms with Gasteiger partial charge in [0.15, 0.2) is 0 Å². The minimum atomic E-state index is -0.842. The summed E-state index contributed by atoms with van der Waals surface area (Å²) in [6, 6.07) is 5.85. The van der Waals surface area contributed by atoms with Gasteiger partial charge in [-0.15, -0.1) is 12.4 Å². The first-order chi connectivity index (χ1) is 6.11. The van der Waals surface area contributed by atoms with Crippen molar-refractivity contribution < 1.29 is 19.4 Å². The molecule has 0 aliphatic carbocycles. The van der Waals surface area contributed by atoms with Crippen molar-refractivity contribution >= 4 is 24.3 Å². The van der Waals surface area contributed by atoms with E-state index in [2.05, 4.69) is 4.74 Å². The monoisotopic (exact) mass is 216 g/mol. The van der Waals surface area contributed by atoms with E-state index in [1.807, 2.05) is 0 Å². The minimum absolute atomic E-state index is 0. The number of benzene rings is 1. The summed E-state index contributed by atoms with van der Waals surface area (Å²) in [5, 5.41) is 9.18. The molecule has 0 spiro atoms. The Kier molecular flexibility index (Phi) is 4.66. The Bertz CT molecular complexity index is 348. The Labute approximate surface area is 86.9 Å². The summed E-state index contributed by atoms with van der Waals surface area (Å²) < 4.78 is 4.28. The van der Waals surface area contributed by atoms with Crippen LogP contribution in [0.2, 0.25) is 0 Å². The van der Waals surface area contributed by atoms with Crippen LogP contribution in [0.15, 0.2) is 24.3 Å². The van der Waals surface area contributed by atoms with Crippen LogP contribution < -0.4 is 0 Å². The first kappa shape index (κ1) is 12.5. The number of esters is 2. The predicted molar refractivity (Wildman–Crippen MR) is 51.5 cm³/mol. The number of rotatable bonds is 1. The number of ether oxygens (including phenoxy) is 1. The molecule has 0 atom stereocenters. The van der Waals surface area contributed by atoms with E-state index in [9.17, 15) is 14.7 Å². The minimum Gasteiger partial charge on any atom is -0.507 e. The Hall–Kier alpha value is -1.55. The number of aromatic hydroxyl groups is 1. The molecule has 4 nitrogen and oxygen atoms in total. The first-order valence-electron chi connectivity index (χ1n) is 3.62. The van der Waals surface area contributed by atoms with E-state index in [-0.39, 0.29) is 23.7 Å². The van der Waals surface area contributed by atoms with E-state index >= 15 is 0 Å². The van der Waals surface area contributed by atoms with Crippen molar-refractivity contribution in [3.63, 3.8) is 0 Å². The molecule has 1 aromatic rings. The number of halogens is 1. The molecule has 5 heteroatoms. The third-order valence-electron chi connectivity index (χ3n) is 1.36. The lowest BCUT2D eigenvalue weighted by atomic mass is 10.2. The maximum Gasteiger partial charge on any atom is 0.349 e. The number of carbonyl (C=O) groups excluding carboxylic acids is 2. The van der Waals surface area contributed by atoms with Gasteiger partial charge in [-0.05, 0) is 12.1 Å². The first-order valence-corrected chi connectivity index (χ1v) is 3.62. The van der Waals surface area contributed by atoms with Gasteiger partial charge in [-0.1, -0.05) is 12.1 Å². The zero-order valence-electron chi connectivity index (χ0n) is 7.39. The topological polar surface area (TPSA) is 63.6 Å². The Morgan fingerprint density at radius 3 is 2.36 bits per heavy atom. The maximum atomic E-state index is 11.1. The van der Waals surface area contributed by atoms with Gasteiger partial charge < -0.3 is 9.84 Å². The highest BCUT2D eigenvalue weighted by Gasteiger charge is 2.12. The van der Waals surface area contributed by atoms with Crippen LogP contribution >= 0.6 is 12.4 Å². The van der Waals surface area contributed by atoms with Gasteiger partial charge in [0.2, 0.25) is 0 Å². The van der Waals surface area contributed by atoms with Crippen LogP contribution in [-0.4, -0.2) is 17.0 Å². The van der Waals surface area contributed by atoms with Gasteiger partial charge in [0.1, 0.15) is 11.3 Å². The lowest BCUT2D eigenvalue weighted by molar-refractivity contribution is -0.135. The van der Waals surface area contributed by atoms with E-state index in [0.29, 0.717) is 0 Å². The highest BCUT2D eigenvalue weighted by Crippen LogP contribution is 2.16. The second-order valence-corrected chi connectivity index (χ2v) is 2.40. The molecule has 0 saturated heterocycles. The van der Waals surface area contributed by atoms with Crippen molar-refractivity contribution in [2.75, 3.05) is 0 Å². The van der Waals surface area contributed by atoms with Crippen molar-refractivity contribution in [2.24, 2.45) is 0 Å². The fraction of sp³-hybridized carbons (Fsp3) is 0.111. The van der Waals surface area contributed by atoms with Crippen LogP contribution in [-0.2, 0) is 9.53 Å². The zero-order chi connectivity index (χ0) is 9.84. The van der Waals surface area contributed by atoms with Crippen LogP contribution in [0.5, 0.6) is 5.75 Å². The molecule has 0 aromatic heterocycles. The lowest BCUT2D eigenvalue weighted by Crippen LogP contribution is -2.09. The van der Waals surface area contributed by atoms with E-state index < -0.39 is 11.9 Å². The molecule has 14 heavy (non-hydrogen) atoms. The zero-order valence-corrected chi connectivity index (χ0v) is 8.21. The number of hydrogen-bond acceptors (Lipinski definition) is 4. The molecule has 0 aliphatic heterocycles. The number of phenols is 1. The molecule has 0 saturated carbocycles. The van der Waals surface area contributed by atoms with E-state index in [1.165, 1.54) is 12.1 Å². The van der Waals surface area contributed by atoms with Gasteiger partial charge in [0, 0.05) is 6.92 Å². The molecule has 76 valence electrons. The van der Waals surface area contributed by atoms with Gasteiger partial charge in [-0.25, -0.2) is 4.79 Å². The SMILES string of the molecule is CC(=O)OC(=O)c1ccccc1O.Cl. The third-order valence-corrected chi connectivity index (χ3v) is 1.36. The molecule has 0 amide bonds. The highest BCUT2D eigenvalue weighted by molar-refractivity contribution is 5.98. The molecular weight excluding hydrogens is 208 g/mol. The molecule has 1 rings (SSSR count). The molecule has 0 aliphatic rings. The van der Waals surface area contributed by atoms with Gasteiger partial charge in [0.25, 0.3) is 0 Å². The summed E-state index contributed by atoms with van der Waals surface area (Å²) in [5.74, 6) is -1.74. The molecular formula is C9H9ClO4. The largest absolute Gasteiger partial charge is 0.507 e. The van der Waals surface area contributed by atoms with Crippen LogP contribution in [0.3, 0.4) is 0 Å². The van der Waals surface area contributed by atoms with Gasteiger partial charge in [-0.3, -0.25) is 4.79 Å². The molecule has 1 N–H and O–H groups in total. The summed E-state index contributed by atoms with van der Waals surface area (Å²) >= 11 is 0. The number of para-hydroxylation sites is 1. The quantitative estimate of drug-likeness (QED) is 0.571. The number of carbonyl (C=O) groups is 2. The highest BCUT2D eigenvalue weighted by atomic mass is 35.5. The third kappa shape index (κ3) is 3.06. The van der Waals surface area contributed by atoms with Crippen molar-refractivity contribution in [3.8, 4) is 5.75 Å². The second-order valence-electron chi connectivity index (χ2n) is 2.40. The fourth-order valence-corrected chi connectivity index (χ4v) is 0.832. The average molecular weight is 217 g/mol. The Morgan fingerprint density at radius 2 is 1.86 bits per heavy atom. The predicted octanol–water partition coefficient (Wildman–Crippen LogP) is 1.52. The van der Waals surface area contributed by atoms with Crippen molar-refractivity contribution in [1.29, 1.82) is 0 Å².